The molecule has 0 atom stereocenters. The average Bonchev–Trinajstić information content (AvgIpc) is 2.74. The molecule has 0 radical (unpaired) electrons. The Labute approximate surface area is 186 Å². The first-order valence-corrected chi connectivity index (χ1v) is 13.0. The maximum absolute atomic E-state index is 11.7. The Morgan fingerprint density at radius 3 is 1.13 bits per heavy atom. The Morgan fingerprint density at radius 2 is 0.733 bits per heavy atom. The summed E-state index contributed by atoms with van der Waals surface area (Å²) in [5, 5.41) is 0. The van der Waals surface area contributed by atoms with Gasteiger partial charge in [-0.1, -0.05) is 104 Å². The fraction of sp³-hybridized carbons (Fsp3) is 0.923. The lowest BCUT2D eigenvalue weighted by Crippen LogP contribution is -2.08. The molecule has 0 heterocycles. The SMILES string of the molecule is CCCCCCCCCCCCCCCOC(=O)CCCCC(=O)OCCCCC. The Morgan fingerprint density at radius 1 is 0.433 bits per heavy atom. The highest BCUT2D eigenvalue weighted by atomic mass is 16.5. The van der Waals surface area contributed by atoms with Crippen LogP contribution in [0, 0.1) is 0 Å². The highest BCUT2D eigenvalue weighted by Gasteiger charge is 2.06. The monoisotopic (exact) mass is 426 g/mol. The van der Waals surface area contributed by atoms with E-state index in [9.17, 15) is 9.59 Å². The number of rotatable bonds is 23. The highest BCUT2D eigenvalue weighted by Crippen LogP contribution is 2.12. The van der Waals surface area contributed by atoms with Crippen LogP contribution in [0.4, 0.5) is 0 Å². The Balaban J connectivity index is 3.24. The highest BCUT2D eigenvalue weighted by molar-refractivity contribution is 5.70. The number of carbonyl (C=O) groups is 2. The second-order valence-corrected chi connectivity index (χ2v) is 8.60. The largest absolute Gasteiger partial charge is 0.466 e. The van der Waals surface area contributed by atoms with Crippen molar-refractivity contribution in [2.24, 2.45) is 0 Å². The predicted octanol–water partition coefficient (Wildman–Crippen LogP) is 7.91. The lowest BCUT2D eigenvalue weighted by Gasteiger charge is -2.06. The van der Waals surface area contributed by atoms with E-state index < -0.39 is 0 Å². The molecule has 178 valence electrons. The maximum Gasteiger partial charge on any atom is 0.305 e. The zero-order valence-corrected chi connectivity index (χ0v) is 20.2. The molecule has 0 N–H and O–H groups in total. The predicted molar refractivity (Wildman–Crippen MR) is 126 cm³/mol. The van der Waals surface area contributed by atoms with E-state index in [0.717, 1.165) is 32.1 Å². The number of carbonyl (C=O) groups excluding carboxylic acids is 2. The summed E-state index contributed by atoms with van der Waals surface area (Å²) in [6.07, 6.45) is 22.5. The van der Waals surface area contributed by atoms with Crippen molar-refractivity contribution in [3.63, 3.8) is 0 Å². The average molecular weight is 427 g/mol. The quantitative estimate of drug-likeness (QED) is 0.123. The summed E-state index contributed by atoms with van der Waals surface area (Å²) in [6, 6.07) is 0. The summed E-state index contributed by atoms with van der Waals surface area (Å²) in [7, 11) is 0. The molecule has 0 rings (SSSR count). The van der Waals surface area contributed by atoms with Gasteiger partial charge < -0.3 is 9.47 Å². The molecule has 0 bridgehead atoms. The van der Waals surface area contributed by atoms with Gasteiger partial charge in [-0.05, 0) is 25.7 Å². The summed E-state index contributed by atoms with van der Waals surface area (Å²) < 4.78 is 10.4. The van der Waals surface area contributed by atoms with Crippen LogP contribution in [0.15, 0.2) is 0 Å². The number of hydrogen-bond acceptors (Lipinski definition) is 4. The van der Waals surface area contributed by atoms with Crippen molar-refractivity contribution in [2.45, 2.75) is 142 Å². The van der Waals surface area contributed by atoms with Crippen molar-refractivity contribution >= 4 is 11.9 Å². The molecular weight excluding hydrogens is 376 g/mol. The van der Waals surface area contributed by atoms with E-state index >= 15 is 0 Å². The molecule has 4 heteroatoms. The molecule has 30 heavy (non-hydrogen) atoms. The standard InChI is InChI=1S/C26H50O4/c1-3-5-7-8-9-10-11-12-13-14-15-16-20-24-30-26(28)22-18-17-21-25(27)29-23-19-6-4-2/h3-24H2,1-2H3. The number of hydrogen-bond donors (Lipinski definition) is 0. The molecule has 0 aromatic heterocycles. The van der Waals surface area contributed by atoms with E-state index in [0.29, 0.717) is 38.9 Å². The van der Waals surface area contributed by atoms with Crippen LogP contribution >= 0.6 is 0 Å². The zero-order chi connectivity index (χ0) is 22.1. The van der Waals surface area contributed by atoms with Crippen molar-refractivity contribution in [2.75, 3.05) is 13.2 Å². The maximum atomic E-state index is 11.7. The Hall–Kier alpha value is -1.06. The smallest absolute Gasteiger partial charge is 0.305 e. The van der Waals surface area contributed by atoms with Gasteiger partial charge in [0, 0.05) is 12.8 Å². The second kappa shape index (κ2) is 24.2. The summed E-state index contributed by atoms with van der Waals surface area (Å²) in [4.78, 5) is 23.2. The van der Waals surface area contributed by atoms with Crippen molar-refractivity contribution in [3.8, 4) is 0 Å². The first kappa shape index (κ1) is 28.9. The van der Waals surface area contributed by atoms with Crippen molar-refractivity contribution in [3.05, 3.63) is 0 Å². The van der Waals surface area contributed by atoms with Crippen molar-refractivity contribution < 1.29 is 19.1 Å². The van der Waals surface area contributed by atoms with Gasteiger partial charge in [0.1, 0.15) is 0 Å². The minimum atomic E-state index is -0.147. The molecule has 0 fully saturated rings. The molecule has 4 nitrogen and oxygen atoms in total. The van der Waals surface area contributed by atoms with Crippen LogP contribution in [0.5, 0.6) is 0 Å². The first-order chi connectivity index (χ1) is 14.7. The molecule has 0 amide bonds. The zero-order valence-electron chi connectivity index (χ0n) is 20.2. The molecule has 0 aromatic rings. The van der Waals surface area contributed by atoms with E-state index in [1.807, 2.05) is 0 Å². The van der Waals surface area contributed by atoms with Gasteiger partial charge in [-0.15, -0.1) is 0 Å². The summed E-state index contributed by atoms with van der Waals surface area (Å²) in [5.41, 5.74) is 0. The van der Waals surface area contributed by atoms with Gasteiger partial charge in [-0.2, -0.15) is 0 Å². The van der Waals surface area contributed by atoms with Gasteiger partial charge in [-0.25, -0.2) is 0 Å². The van der Waals surface area contributed by atoms with Crippen molar-refractivity contribution in [1.29, 1.82) is 0 Å². The van der Waals surface area contributed by atoms with Crippen LogP contribution in [0.3, 0.4) is 0 Å². The number of unbranched alkanes of at least 4 members (excludes halogenated alkanes) is 15. The lowest BCUT2D eigenvalue weighted by molar-refractivity contribution is -0.146. The topological polar surface area (TPSA) is 52.6 Å². The van der Waals surface area contributed by atoms with Gasteiger partial charge >= 0.3 is 11.9 Å². The van der Waals surface area contributed by atoms with Crippen LogP contribution in [0.1, 0.15) is 142 Å². The number of ether oxygens (including phenoxy) is 2. The fourth-order valence-corrected chi connectivity index (χ4v) is 3.53. The van der Waals surface area contributed by atoms with Gasteiger partial charge in [0.25, 0.3) is 0 Å². The third-order valence-electron chi connectivity index (χ3n) is 5.53. The van der Waals surface area contributed by atoms with E-state index in [4.69, 9.17) is 9.47 Å². The lowest BCUT2D eigenvalue weighted by atomic mass is 10.0. The normalized spacial score (nSPS) is 10.9. The third-order valence-corrected chi connectivity index (χ3v) is 5.53. The van der Waals surface area contributed by atoms with Gasteiger partial charge in [0.2, 0.25) is 0 Å². The van der Waals surface area contributed by atoms with Crippen LogP contribution in [0.2, 0.25) is 0 Å². The van der Waals surface area contributed by atoms with Gasteiger partial charge in [0.15, 0.2) is 0 Å². The Kier molecular flexibility index (Phi) is 23.4. The molecule has 0 aliphatic heterocycles. The van der Waals surface area contributed by atoms with Crippen LogP contribution in [-0.4, -0.2) is 25.2 Å². The number of esters is 2. The summed E-state index contributed by atoms with van der Waals surface area (Å²) in [6.45, 7) is 5.45. The molecule has 0 aliphatic carbocycles. The third kappa shape index (κ3) is 23.2. The summed E-state index contributed by atoms with van der Waals surface area (Å²) >= 11 is 0. The van der Waals surface area contributed by atoms with E-state index in [-0.39, 0.29) is 11.9 Å². The molecule has 0 saturated carbocycles. The van der Waals surface area contributed by atoms with Crippen molar-refractivity contribution in [1.82, 2.24) is 0 Å². The van der Waals surface area contributed by atoms with Gasteiger partial charge in [0.05, 0.1) is 13.2 Å². The minimum absolute atomic E-state index is 0.134. The van der Waals surface area contributed by atoms with Gasteiger partial charge in [-0.3, -0.25) is 9.59 Å². The molecule has 0 aromatic carbocycles. The Bertz CT molecular complexity index is 381. The second-order valence-electron chi connectivity index (χ2n) is 8.60. The van der Waals surface area contributed by atoms with E-state index in [2.05, 4.69) is 13.8 Å². The molecular formula is C26H50O4. The summed E-state index contributed by atoms with van der Waals surface area (Å²) in [5.74, 6) is -0.281. The van der Waals surface area contributed by atoms with E-state index in [1.165, 1.54) is 70.6 Å². The van der Waals surface area contributed by atoms with Crippen LogP contribution in [0.25, 0.3) is 0 Å². The first-order valence-electron chi connectivity index (χ1n) is 13.0. The minimum Gasteiger partial charge on any atom is -0.466 e. The van der Waals surface area contributed by atoms with Crippen LogP contribution in [-0.2, 0) is 19.1 Å². The molecule has 0 unspecified atom stereocenters. The van der Waals surface area contributed by atoms with Crippen LogP contribution < -0.4 is 0 Å². The molecule has 0 saturated heterocycles. The van der Waals surface area contributed by atoms with E-state index in [1.54, 1.807) is 0 Å². The fourth-order valence-electron chi connectivity index (χ4n) is 3.53. The molecule has 0 spiro atoms. The molecule has 0 aliphatic rings.